The fourth-order valence-corrected chi connectivity index (χ4v) is 2.95. The summed E-state index contributed by atoms with van der Waals surface area (Å²) >= 11 is 0. The molecule has 1 aromatic carbocycles. The molecular weight excluding hydrogens is 332 g/mol. The minimum absolute atomic E-state index is 0.0913. The second-order valence-electron chi connectivity index (χ2n) is 5.93. The highest BCUT2D eigenvalue weighted by atomic mass is 16.5. The van der Waals surface area contributed by atoms with Gasteiger partial charge in [0.25, 0.3) is 5.91 Å². The Morgan fingerprint density at radius 2 is 2.19 bits per heavy atom. The van der Waals surface area contributed by atoms with Gasteiger partial charge >= 0.3 is 0 Å². The highest BCUT2D eigenvalue weighted by Gasteiger charge is 2.38. The molecule has 0 radical (unpaired) electrons. The molecule has 2 aromatic heterocycles. The van der Waals surface area contributed by atoms with Crippen molar-refractivity contribution in [1.29, 1.82) is 0 Å². The first-order chi connectivity index (χ1) is 12.8. The number of nitrogens with zero attached hydrogens (tertiary/aromatic N) is 4. The first-order valence-corrected chi connectivity index (χ1v) is 8.54. The maximum absolute atomic E-state index is 12.9. The summed E-state index contributed by atoms with van der Waals surface area (Å²) in [6.07, 6.45) is 4.15. The number of aromatic nitrogens is 3. The molecule has 0 aliphatic carbocycles. The van der Waals surface area contributed by atoms with Crippen molar-refractivity contribution in [3.05, 3.63) is 60.2 Å². The summed E-state index contributed by atoms with van der Waals surface area (Å²) < 4.78 is 11.0. The number of benzene rings is 1. The summed E-state index contributed by atoms with van der Waals surface area (Å²) in [5, 5.41) is 4.01. The largest absolute Gasteiger partial charge is 0.493 e. The van der Waals surface area contributed by atoms with Gasteiger partial charge in [0.05, 0.1) is 12.2 Å². The zero-order valence-corrected chi connectivity index (χ0v) is 14.3. The zero-order valence-electron chi connectivity index (χ0n) is 14.3. The molecule has 26 heavy (non-hydrogen) atoms. The molecular formula is C19H18N4O3. The lowest BCUT2D eigenvalue weighted by molar-refractivity contribution is 0.0375. The van der Waals surface area contributed by atoms with Crippen molar-refractivity contribution in [3.8, 4) is 17.1 Å². The van der Waals surface area contributed by atoms with Crippen LogP contribution in [-0.2, 0) is 0 Å². The van der Waals surface area contributed by atoms with Crippen LogP contribution in [0.1, 0.15) is 35.6 Å². The molecule has 1 saturated heterocycles. The van der Waals surface area contributed by atoms with Crippen LogP contribution >= 0.6 is 0 Å². The van der Waals surface area contributed by atoms with Crippen LogP contribution in [0.15, 0.2) is 53.3 Å². The van der Waals surface area contributed by atoms with E-state index in [1.165, 1.54) is 0 Å². The first kappa shape index (κ1) is 16.3. The number of hydrogen-bond acceptors (Lipinski definition) is 6. The molecule has 7 heteroatoms. The van der Waals surface area contributed by atoms with Crippen molar-refractivity contribution < 1.29 is 14.1 Å². The average Bonchev–Trinajstić information content (AvgIpc) is 3.11. The lowest BCUT2D eigenvalue weighted by atomic mass is 10.0. The minimum atomic E-state index is -0.213. The van der Waals surface area contributed by atoms with E-state index in [9.17, 15) is 4.79 Å². The second-order valence-corrected chi connectivity index (χ2v) is 5.93. The maximum Gasteiger partial charge on any atom is 0.258 e. The second kappa shape index (κ2) is 6.95. The Bertz CT molecular complexity index is 910. The molecule has 3 heterocycles. The Kier molecular flexibility index (Phi) is 4.35. The number of rotatable bonds is 5. The SMILES string of the molecule is CCOc1ccccc1C(=O)N1CC[C@@H]1c1nc(-c2cccnc2)no1. The molecule has 0 bridgehead atoms. The molecule has 4 rings (SSSR count). The van der Waals surface area contributed by atoms with Crippen molar-refractivity contribution in [2.75, 3.05) is 13.2 Å². The average molecular weight is 350 g/mol. The number of ether oxygens (including phenoxy) is 1. The number of amides is 1. The highest BCUT2D eigenvalue weighted by molar-refractivity contribution is 5.97. The molecule has 3 aromatic rings. The molecule has 0 N–H and O–H groups in total. The molecule has 0 saturated carbocycles. The number of pyridine rings is 1. The van der Waals surface area contributed by atoms with Gasteiger partial charge in [0.15, 0.2) is 0 Å². The van der Waals surface area contributed by atoms with Gasteiger partial charge in [-0.15, -0.1) is 0 Å². The highest BCUT2D eigenvalue weighted by Crippen LogP contribution is 2.35. The molecule has 1 aliphatic rings. The van der Waals surface area contributed by atoms with Crippen molar-refractivity contribution in [2.24, 2.45) is 0 Å². The van der Waals surface area contributed by atoms with Gasteiger partial charge < -0.3 is 14.2 Å². The lowest BCUT2D eigenvalue weighted by Gasteiger charge is -2.38. The van der Waals surface area contributed by atoms with Gasteiger partial charge in [0.2, 0.25) is 11.7 Å². The number of hydrogen-bond donors (Lipinski definition) is 0. The van der Waals surface area contributed by atoms with Gasteiger partial charge in [-0.3, -0.25) is 9.78 Å². The third-order valence-corrected chi connectivity index (χ3v) is 4.34. The van der Waals surface area contributed by atoms with E-state index in [1.807, 2.05) is 31.2 Å². The van der Waals surface area contributed by atoms with Crippen LogP contribution in [0.4, 0.5) is 0 Å². The van der Waals surface area contributed by atoms with E-state index >= 15 is 0 Å². The van der Waals surface area contributed by atoms with Gasteiger partial charge in [-0.2, -0.15) is 4.98 Å². The Hall–Kier alpha value is -3.22. The Labute approximate surface area is 150 Å². The normalized spacial score (nSPS) is 16.2. The summed E-state index contributed by atoms with van der Waals surface area (Å²) in [6.45, 7) is 3.05. The smallest absolute Gasteiger partial charge is 0.258 e. The fraction of sp³-hybridized carbons (Fsp3) is 0.263. The first-order valence-electron chi connectivity index (χ1n) is 8.54. The molecule has 1 fully saturated rings. The number of para-hydroxylation sites is 1. The lowest BCUT2D eigenvalue weighted by Crippen LogP contribution is -2.45. The van der Waals surface area contributed by atoms with Crippen LogP contribution in [0.25, 0.3) is 11.4 Å². The van der Waals surface area contributed by atoms with Gasteiger partial charge in [-0.05, 0) is 37.6 Å². The van der Waals surface area contributed by atoms with E-state index in [0.29, 0.717) is 36.2 Å². The van der Waals surface area contributed by atoms with E-state index < -0.39 is 0 Å². The van der Waals surface area contributed by atoms with Gasteiger partial charge in [0.1, 0.15) is 11.8 Å². The van der Waals surface area contributed by atoms with E-state index in [1.54, 1.807) is 29.4 Å². The van der Waals surface area contributed by atoms with Crippen LogP contribution in [0.2, 0.25) is 0 Å². The van der Waals surface area contributed by atoms with E-state index in [-0.39, 0.29) is 11.9 Å². The van der Waals surface area contributed by atoms with Crippen molar-refractivity contribution in [3.63, 3.8) is 0 Å². The summed E-state index contributed by atoms with van der Waals surface area (Å²) in [5.74, 6) is 1.41. The van der Waals surface area contributed by atoms with Crippen LogP contribution < -0.4 is 4.74 Å². The van der Waals surface area contributed by atoms with E-state index in [0.717, 1.165) is 12.0 Å². The van der Waals surface area contributed by atoms with Gasteiger partial charge in [0, 0.05) is 24.5 Å². The van der Waals surface area contributed by atoms with Crippen molar-refractivity contribution >= 4 is 5.91 Å². The predicted octanol–water partition coefficient (Wildman–Crippen LogP) is 3.12. The fourth-order valence-electron chi connectivity index (χ4n) is 2.95. The molecule has 1 atom stereocenters. The molecule has 1 amide bonds. The van der Waals surface area contributed by atoms with Crippen LogP contribution in [0.5, 0.6) is 5.75 Å². The molecule has 1 aliphatic heterocycles. The van der Waals surface area contributed by atoms with Gasteiger partial charge in [-0.25, -0.2) is 0 Å². The van der Waals surface area contributed by atoms with Gasteiger partial charge in [-0.1, -0.05) is 17.3 Å². The van der Waals surface area contributed by atoms with E-state index in [4.69, 9.17) is 9.26 Å². The topological polar surface area (TPSA) is 81.4 Å². The monoisotopic (exact) mass is 350 g/mol. The molecule has 7 nitrogen and oxygen atoms in total. The van der Waals surface area contributed by atoms with Crippen molar-refractivity contribution in [2.45, 2.75) is 19.4 Å². The maximum atomic E-state index is 12.9. The Morgan fingerprint density at radius 1 is 1.31 bits per heavy atom. The molecule has 0 spiro atoms. The van der Waals surface area contributed by atoms with E-state index in [2.05, 4.69) is 15.1 Å². The van der Waals surface area contributed by atoms with Crippen molar-refractivity contribution in [1.82, 2.24) is 20.0 Å². The number of carbonyl (C=O) groups excluding carboxylic acids is 1. The third kappa shape index (κ3) is 2.92. The number of likely N-dealkylation sites (tertiary alicyclic amines) is 1. The Morgan fingerprint density at radius 3 is 2.92 bits per heavy atom. The quantitative estimate of drug-likeness (QED) is 0.703. The van der Waals surface area contributed by atoms with Crippen LogP contribution in [-0.4, -0.2) is 39.1 Å². The van der Waals surface area contributed by atoms with Crippen LogP contribution in [0, 0.1) is 0 Å². The standard InChI is InChI=1S/C19H18N4O3/c1-2-25-16-8-4-3-7-14(16)19(24)23-11-9-15(23)18-21-17(22-26-18)13-6-5-10-20-12-13/h3-8,10,12,15H,2,9,11H2,1H3/t15-/m1/s1. The summed E-state index contributed by atoms with van der Waals surface area (Å²) in [7, 11) is 0. The predicted molar refractivity (Wildman–Crippen MR) is 93.5 cm³/mol. The summed E-state index contributed by atoms with van der Waals surface area (Å²) in [4.78, 5) is 23.2. The third-order valence-electron chi connectivity index (χ3n) is 4.34. The minimum Gasteiger partial charge on any atom is -0.493 e. The molecule has 0 unspecified atom stereocenters. The molecule has 132 valence electrons. The zero-order chi connectivity index (χ0) is 17.9. The number of carbonyl (C=O) groups is 1. The van der Waals surface area contributed by atoms with Crippen LogP contribution in [0.3, 0.4) is 0 Å². The summed E-state index contributed by atoms with van der Waals surface area (Å²) in [6, 6.07) is 10.7. The Balaban J connectivity index is 1.55. The summed E-state index contributed by atoms with van der Waals surface area (Å²) in [5.41, 5.74) is 1.33.